The minimum absolute atomic E-state index is 0.140. The van der Waals surface area contributed by atoms with E-state index in [1.54, 1.807) is 37.3 Å². The van der Waals surface area contributed by atoms with Gasteiger partial charge in [-0.3, -0.25) is 4.79 Å². The highest BCUT2D eigenvalue weighted by Crippen LogP contribution is 2.15. The number of carbonyl (C=O) groups is 1. The molecular weight excluding hydrogens is 256 g/mol. The largest absolute Gasteiger partial charge is 0.465 e. The fourth-order valence-electron chi connectivity index (χ4n) is 1.31. The molecule has 0 spiro atoms. The third-order valence-electron chi connectivity index (χ3n) is 2.07. The fourth-order valence-corrected chi connectivity index (χ4v) is 1.50. The molecule has 2 rings (SSSR count). The Morgan fingerprint density at radius 3 is 3.00 bits per heavy atom. The summed E-state index contributed by atoms with van der Waals surface area (Å²) in [7, 11) is 0. The molecule has 0 aliphatic rings. The van der Waals surface area contributed by atoms with Crippen LogP contribution in [0.2, 0.25) is 5.02 Å². The predicted octanol–water partition coefficient (Wildman–Crippen LogP) is 2.65. The first-order valence-electron chi connectivity index (χ1n) is 5.25. The highest BCUT2D eigenvalue weighted by Gasteiger charge is 2.06. The number of aromatic nitrogens is 1. The zero-order chi connectivity index (χ0) is 13.0. The first-order chi connectivity index (χ1) is 8.63. The molecule has 1 amide bonds. The molecule has 1 N–H and O–H groups in total. The first kappa shape index (κ1) is 12.4. The molecule has 2 aromatic rings. The molecule has 0 atom stereocenters. The Morgan fingerprint density at radius 2 is 2.33 bits per heavy atom. The quantitative estimate of drug-likeness (QED) is 0.924. The maximum atomic E-state index is 11.6. The van der Waals surface area contributed by atoms with Crippen LogP contribution in [-0.2, 0) is 4.79 Å². The Hall–Kier alpha value is -2.01. The van der Waals surface area contributed by atoms with Crippen molar-refractivity contribution in [1.82, 2.24) is 5.16 Å². The number of carbonyl (C=O) groups excluding carboxylic acids is 1. The van der Waals surface area contributed by atoms with Gasteiger partial charge in [0.1, 0.15) is 5.76 Å². The summed E-state index contributed by atoms with van der Waals surface area (Å²) in [6.07, 6.45) is 0. The molecule has 6 heteroatoms. The van der Waals surface area contributed by atoms with E-state index in [9.17, 15) is 4.79 Å². The molecule has 0 saturated carbocycles. The van der Waals surface area contributed by atoms with E-state index in [1.165, 1.54) is 0 Å². The number of nitrogens with one attached hydrogen (secondary N) is 1. The molecular formula is C12H11ClN2O3. The SMILES string of the molecule is Cc1cc(OCC(=O)Nc2cccc(Cl)c2)no1. The lowest BCUT2D eigenvalue weighted by Gasteiger charge is -2.05. The van der Waals surface area contributed by atoms with Crippen LogP contribution < -0.4 is 10.1 Å². The fraction of sp³-hybridized carbons (Fsp3) is 0.167. The molecule has 94 valence electrons. The Labute approximate surface area is 109 Å². The zero-order valence-corrected chi connectivity index (χ0v) is 10.4. The summed E-state index contributed by atoms with van der Waals surface area (Å²) in [5, 5.41) is 6.82. The van der Waals surface area contributed by atoms with Crippen LogP contribution in [-0.4, -0.2) is 17.7 Å². The van der Waals surface area contributed by atoms with Crippen molar-refractivity contribution in [2.24, 2.45) is 0 Å². The van der Waals surface area contributed by atoms with Crippen LogP contribution in [0.5, 0.6) is 5.88 Å². The van der Waals surface area contributed by atoms with Gasteiger partial charge in [0.15, 0.2) is 6.61 Å². The Morgan fingerprint density at radius 1 is 1.50 bits per heavy atom. The van der Waals surface area contributed by atoms with Crippen LogP contribution in [0, 0.1) is 6.92 Å². The maximum Gasteiger partial charge on any atom is 0.262 e. The average Bonchev–Trinajstić information content (AvgIpc) is 2.73. The molecule has 1 aromatic carbocycles. The lowest BCUT2D eigenvalue weighted by Crippen LogP contribution is -2.20. The van der Waals surface area contributed by atoms with Gasteiger partial charge in [-0.2, -0.15) is 0 Å². The summed E-state index contributed by atoms with van der Waals surface area (Å²) in [6.45, 7) is 1.60. The molecule has 0 fully saturated rings. The molecule has 18 heavy (non-hydrogen) atoms. The van der Waals surface area contributed by atoms with Gasteiger partial charge in [-0.1, -0.05) is 17.7 Å². The number of rotatable bonds is 4. The number of halogens is 1. The van der Waals surface area contributed by atoms with Crippen molar-refractivity contribution in [3.8, 4) is 5.88 Å². The van der Waals surface area contributed by atoms with E-state index in [4.69, 9.17) is 20.9 Å². The number of ether oxygens (including phenoxy) is 1. The summed E-state index contributed by atoms with van der Waals surface area (Å²) in [4.78, 5) is 11.6. The average molecular weight is 267 g/mol. The van der Waals surface area contributed by atoms with E-state index in [-0.39, 0.29) is 18.4 Å². The minimum Gasteiger partial charge on any atom is -0.465 e. The predicted molar refractivity (Wildman–Crippen MR) is 66.8 cm³/mol. The standard InChI is InChI=1S/C12H11ClN2O3/c1-8-5-12(15-18-8)17-7-11(16)14-10-4-2-3-9(13)6-10/h2-6H,7H2,1H3,(H,14,16). The molecule has 0 saturated heterocycles. The third-order valence-corrected chi connectivity index (χ3v) is 2.30. The summed E-state index contributed by atoms with van der Waals surface area (Å²) in [5.74, 6) is 0.618. The molecule has 0 aliphatic carbocycles. The lowest BCUT2D eigenvalue weighted by molar-refractivity contribution is -0.118. The number of anilines is 1. The molecule has 1 heterocycles. The number of nitrogens with zero attached hydrogens (tertiary/aromatic N) is 1. The van der Waals surface area contributed by atoms with E-state index in [2.05, 4.69) is 10.5 Å². The van der Waals surface area contributed by atoms with Gasteiger partial charge in [-0.15, -0.1) is 0 Å². The molecule has 5 nitrogen and oxygen atoms in total. The van der Waals surface area contributed by atoms with E-state index < -0.39 is 0 Å². The smallest absolute Gasteiger partial charge is 0.262 e. The number of aryl methyl sites for hydroxylation is 1. The highest BCUT2D eigenvalue weighted by molar-refractivity contribution is 6.30. The van der Waals surface area contributed by atoms with Crippen molar-refractivity contribution in [2.75, 3.05) is 11.9 Å². The van der Waals surface area contributed by atoms with Gasteiger partial charge >= 0.3 is 0 Å². The van der Waals surface area contributed by atoms with E-state index >= 15 is 0 Å². The highest BCUT2D eigenvalue weighted by atomic mass is 35.5. The number of hydrogen-bond donors (Lipinski definition) is 1. The monoisotopic (exact) mass is 266 g/mol. The normalized spacial score (nSPS) is 10.1. The topological polar surface area (TPSA) is 64.4 Å². The van der Waals surface area contributed by atoms with Crippen LogP contribution in [0.25, 0.3) is 0 Å². The lowest BCUT2D eigenvalue weighted by atomic mass is 10.3. The van der Waals surface area contributed by atoms with E-state index in [0.717, 1.165) is 0 Å². The molecule has 0 unspecified atom stereocenters. The molecule has 0 aliphatic heterocycles. The molecule has 0 radical (unpaired) electrons. The summed E-state index contributed by atoms with van der Waals surface area (Å²) >= 11 is 5.80. The second kappa shape index (κ2) is 5.55. The van der Waals surface area contributed by atoms with Crippen molar-refractivity contribution in [2.45, 2.75) is 6.92 Å². The van der Waals surface area contributed by atoms with E-state index in [0.29, 0.717) is 16.5 Å². The van der Waals surface area contributed by atoms with E-state index in [1.807, 2.05) is 0 Å². The van der Waals surface area contributed by atoms with Crippen LogP contribution in [0.4, 0.5) is 5.69 Å². The Bertz CT molecular complexity index is 554. The van der Waals surface area contributed by atoms with Crippen LogP contribution in [0.1, 0.15) is 5.76 Å². The molecule has 1 aromatic heterocycles. The second-order valence-electron chi connectivity index (χ2n) is 3.62. The van der Waals surface area contributed by atoms with Gasteiger partial charge in [0.05, 0.1) is 0 Å². The maximum absolute atomic E-state index is 11.6. The van der Waals surface area contributed by atoms with Crippen molar-refractivity contribution in [3.63, 3.8) is 0 Å². The van der Waals surface area contributed by atoms with Crippen LogP contribution >= 0.6 is 11.6 Å². The van der Waals surface area contributed by atoms with Crippen molar-refractivity contribution in [1.29, 1.82) is 0 Å². The number of hydrogen-bond acceptors (Lipinski definition) is 4. The Balaban J connectivity index is 1.85. The summed E-state index contributed by atoms with van der Waals surface area (Å²) in [6, 6.07) is 8.47. The van der Waals surface area contributed by atoms with Gasteiger partial charge < -0.3 is 14.6 Å². The second-order valence-corrected chi connectivity index (χ2v) is 4.06. The zero-order valence-electron chi connectivity index (χ0n) is 9.64. The van der Waals surface area contributed by atoms with Crippen LogP contribution in [0.15, 0.2) is 34.9 Å². The van der Waals surface area contributed by atoms with Crippen molar-refractivity contribution >= 4 is 23.2 Å². The summed E-state index contributed by atoms with van der Waals surface area (Å²) < 4.78 is 9.95. The summed E-state index contributed by atoms with van der Waals surface area (Å²) in [5.41, 5.74) is 0.618. The molecule has 0 bridgehead atoms. The number of benzene rings is 1. The van der Waals surface area contributed by atoms with Gasteiger partial charge in [0.2, 0.25) is 0 Å². The van der Waals surface area contributed by atoms with Gasteiger partial charge in [-0.25, -0.2) is 0 Å². The Kier molecular flexibility index (Phi) is 3.84. The number of amides is 1. The first-order valence-corrected chi connectivity index (χ1v) is 5.63. The van der Waals surface area contributed by atoms with Crippen molar-refractivity contribution in [3.05, 3.63) is 41.1 Å². The van der Waals surface area contributed by atoms with Gasteiger partial charge in [0.25, 0.3) is 11.8 Å². The van der Waals surface area contributed by atoms with Gasteiger partial charge in [0, 0.05) is 16.8 Å². The van der Waals surface area contributed by atoms with Gasteiger partial charge in [-0.05, 0) is 30.3 Å². The van der Waals surface area contributed by atoms with Crippen LogP contribution in [0.3, 0.4) is 0 Å². The van der Waals surface area contributed by atoms with Crippen molar-refractivity contribution < 1.29 is 14.1 Å². The minimum atomic E-state index is -0.294. The third kappa shape index (κ3) is 3.49.